The van der Waals surface area contributed by atoms with Gasteiger partial charge in [-0.15, -0.1) is 10.2 Å². The topological polar surface area (TPSA) is 74.9 Å². The maximum atomic E-state index is 10.3. The zero-order valence-corrected chi connectivity index (χ0v) is 12.7. The van der Waals surface area contributed by atoms with E-state index in [0.29, 0.717) is 24.9 Å². The monoisotopic (exact) mass is 296 g/mol. The Morgan fingerprint density at radius 2 is 2.00 bits per heavy atom. The summed E-state index contributed by atoms with van der Waals surface area (Å²) in [6.07, 6.45) is -0.324. The van der Waals surface area contributed by atoms with Crippen LogP contribution in [0.5, 0.6) is 0 Å². The van der Waals surface area contributed by atoms with E-state index in [1.807, 2.05) is 13.8 Å². The molecule has 0 radical (unpaired) electrons. The summed E-state index contributed by atoms with van der Waals surface area (Å²) < 4.78 is 11.0. The van der Waals surface area contributed by atoms with Gasteiger partial charge in [0.15, 0.2) is 0 Å². The largest absolute Gasteiger partial charge is 0.424 e. The fourth-order valence-corrected chi connectivity index (χ4v) is 3.00. The maximum Gasteiger partial charge on any atom is 0.230 e. The number of ether oxygens (including phenoxy) is 1. The highest BCUT2D eigenvalue weighted by atomic mass is 16.5. The number of hydrogen-bond donors (Lipinski definition) is 1. The Kier molecular flexibility index (Phi) is 4.54. The molecule has 21 heavy (non-hydrogen) atoms. The van der Waals surface area contributed by atoms with Crippen LogP contribution in [0.4, 0.5) is 0 Å². The highest BCUT2D eigenvalue weighted by Gasteiger charge is 2.36. The summed E-state index contributed by atoms with van der Waals surface area (Å²) in [6, 6.07) is 0.182. The predicted molar refractivity (Wildman–Crippen MR) is 75.9 cm³/mol. The van der Waals surface area contributed by atoms with Crippen LogP contribution in [0.3, 0.4) is 0 Å². The summed E-state index contributed by atoms with van der Waals surface area (Å²) in [7, 11) is 0. The molecule has 2 fully saturated rings. The molecule has 0 saturated carbocycles. The second-order valence-corrected chi connectivity index (χ2v) is 6.17. The summed E-state index contributed by atoms with van der Waals surface area (Å²) >= 11 is 0. The van der Waals surface area contributed by atoms with E-state index < -0.39 is 0 Å². The summed E-state index contributed by atoms with van der Waals surface area (Å²) in [6.45, 7) is 9.47. The van der Waals surface area contributed by atoms with Gasteiger partial charge in [0.25, 0.3) is 0 Å². The van der Waals surface area contributed by atoms with E-state index in [4.69, 9.17) is 9.15 Å². The first kappa shape index (κ1) is 14.9. The van der Waals surface area contributed by atoms with Crippen molar-refractivity contribution in [2.75, 3.05) is 39.4 Å². The molecule has 0 aromatic carbocycles. The third-order valence-corrected chi connectivity index (χ3v) is 4.18. The van der Waals surface area contributed by atoms with Crippen LogP contribution in [0.25, 0.3) is 0 Å². The highest BCUT2D eigenvalue weighted by Crippen LogP contribution is 2.20. The third-order valence-electron chi connectivity index (χ3n) is 4.18. The van der Waals surface area contributed by atoms with Crippen molar-refractivity contribution in [2.24, 2.45) is 0 Å². The first-order valence-corrected chi connectivity index (χ1v) is 7.68. The summed E-state index contributed by atoms with van der Waals surface area (Å²) in [4.78, 5) is 4.50. The van der Waals surface area contributed by atoms with Crippen LogP contribution in [-0.4, -0.2) is 76.6 Å². The van der Waals surface area contributed by atoms with Crippen molar-refractivity contribution in [2.45, 2.75) is 38.5 Å². The average molecular weight is 296 g/mol. The molecule has 2 atom stereocenters. The van der Waals surface area contributed by atoms with Gasteiger partial charge in [-0.3, -0.25) is 9.80 Å². The van der Waals surface area contributed by atoms with Crippen molar-refractivity contribution in [1.82, 2.24) is 20.0 Å². The Bertz CT molecular complexity index is 459. The Morgan fingerprint density at radius 1 is 1.24 bits per heavy atom. The molecule has 2 aliphatic rings. The van der Waals surface area contributed by atoms with Gasteiger partial charge in [-0.1, -0.05) is 13.8 Å². The molecule has 1 aromatic rings. The van der Waals surface area contributed by atoms with Crippen molar-refractivity contribution in [3.8, 4) is 0 Å². The number of nitrogens with zero attached hydrogens (tertiary/aromatic N) is 4. The highest BCUT2D eigenvalue weighted by molar-refractivity contribution is 4.94. The van der Waals surface area contributed by atoms with E-state index in [1.54, 1.807) is 0 Å². The van der Waals surface area contributed by atoms with Gasteiger partial charge >= 0.3 is 0 Å². The van der Waals surface area contributed by atoms with Gasteiger partial charge < -0.3 is 14.3 Å². The Balaban J connectivity index is 1.57. The molecule has 7 heteroatoms. The quantitative estimate of drug-likeness (QED) is 0.842. The van der Waals surface area contributed by atoms with Gasteiger partial charge in [-0.05, 0) is 0 Å². The molecule has 0 bridgehead atoms. The average Bonchev–Trinajstić information content (AvgIpc) is 3.07. The number of rotatable bonds is 4. The number of β-amino-alcohol motifs (C(OH)–C–C–N with tert-alkyl or cyclic N) is 1. The summed E-state index contributed by atoms with van der Waals surface area (Å²) in [5, 5.41) is 18.4. The molecule has 1 N–H and O–H groups in total. The SMILES string of the molecule is CC(C)c1nnc(CN2C[C@H](O)[C@@H](N3CCOCC3)C2)o1. The van der Waals surface area contributed by atoms with Crippen molar-refractivity contribution >= 4 is 0 Å². The third kappa shape index (κ3) is 3.42. The van der Waals surface area contributed by atoms with Crippen LogP contribution in [0.15, 0.2) is 4.42 Å². The molecule has 0 amide bonds. The van der Waals surface area contributed by atoms with Crippen molar-refractivity contribution in [3.05, 3.63) is 11.8 Å². The molecule has 118 valence electrons. The zero-order valence-electron chi connectivity index (χ0n) is 12.7. The Hall–Kier alpha value is -1.02. The second-order valence-electron chi connectivity index (χ2n) is 6.17. The van der Waals surface area contributed by atoms with Crippen molar-refractivity contribution in [1.29, 1.82) is 0 Å². The fourth-order valence-electron chi connectivity index (χ4n) is 3.00. The van der Waals surface area contributed by atoms with Gasteiger partial charge in [0.05, 0.1) is 25.9 Å². The number of aliphatic hydroxyl groups excluding tert-OH is 1. The summed E-state index contributed by atoms with van der Waals surface area (Å²) in [5.74, 6) is 1.56. The minimum Gasteiger partial charge on any atom is -0.424 e. The standard InChI is InChI=1S/C14H24N4O3/c1-10(2)14-16-15-13(21-14)9-17-7-11(12(19)8-17)18-3-5-20-6-4-18/h10-12,19H,3-9H2,1-2H3/t11-,12-/m0/s1. The lowest BCUT2D eigenvalue weighted by atomic mass is 10.2. The molecule has 0 unspecified atom stereocenters. The maximum absolute atomic E-state index is 10.3. The molecule has 3 rings (SSSR count). The number of hydrogen-bond acceptors (Lipinski definition) is 7. The lowest BCUT2D eigenvalue weighted by molar-refractivity contribution is -0.00620. The minimum atomic E-state index is -0.324. The van der Waals surface area contributed by atoms with Crippen LogP contribution >= 0.6 is 0 Å². The molecule has 0 aliphatic carbocycles. The van der Waals surface area contributed by atoms with Crippen LogP contribution in [-0.2, 0) is 11.3 Å². The van der Waals surface area contributed by atoms with Gasteiger partial charge in [0.2, 0.25) is 11.8 Å². The van der Waals surface area contributed by atoms with Crippen molar-refractivity contribution < 1.29 is 14.3 Å². The number of morpholine rings is 1. The Morgan fingerprint density at radius 3 is 2.67 bits per heavy atom. The van der Waals surface area contributed by atoms with Gasteiger partial charge in [0, 0.05) is 38.1 Å². The second kappa shape index (κ2) is 6.39. The fraction of sp³-hybridized carbons (Fsp3) is 0.857. The van der Waals surface area contributed by atoms with E-state index in [1.165, 1.54) is 0 Å². The van der Waals surface area contributed by atoms with E-state index in [0.717, 1.165) is 32.8 Å². The van der Waals surface area contributed by atoms with Crippen molar-refractivity contribution in [3.63, 3.8) is 0 Å². The van der Waals surface area contributed by atoms with Crippen LogP contribution in [0.1, 0.15) is 31.5 Å². The molecular weight excluding hydrogens is 272 g/mol. The summed E-state index contributed by atoms with van der Waals surface area (Å²) in [5.41, 5.74) is 0. The van der Waals surface area contributed by atoms with E-state index >= 15 is 0 Å². The van der Waals surface area contributed by atoms with Crippen LogP contribution < -0.4 is 0 Å². The molecule has 2 aliphatic heterocycles. The zero-order chi connectivity index (χ0) is 14.8. The smallest absolute Gasteiger partial charge is 0.230 e. The lowest BCUT2D eigenvalue weighted by Gasteiger charge is -2.33. The normalized spacial score (nSPS) is 28.6. The molecule has 0 spiro atoms. The van der Waals surface area contributed by atoms with E-state index in [9.17, 15) is 5.11 Å². The van der Waals surface area contributed by atoms with Gasteiger partial charge in [0.1, 0.15) is 0 Å². The van der Waals surface area contributed by atoms with Gasteiger partial charge in [-0.25, -0.2) is 0 Å². The molecular formula is C14H24N4O3. The van der Waals surface area contributed by atoms with Crippen LogP contribution in [0.2, 0.25) is 0 Å². The molecule has 2 saturated heterocycles. The predicted octanol–water partition coefficient (Wildman–Crippen LogP) is 0.0703. The minimum absolute atomic E-state index is 0.182. The lowest BCUT2D eigenvalue weighted by Crippen LogP contribution is -2.48. The number of aliphatic hydroxyl groups is 1. The van der Waals surface area contributed by atoms with Gasteiger partial charge in [-0.2, -0.15) is 0 Å². The molecule has 7 nitrogen and oxygen atoms in total. The van der Waals surface area contributed by atoms with E-state index in [2.05, 4.69) is 20.0 Å². The van der Waals surface area contributed by atoms with E-state index in [-0.39, 0.29) is 18.1 Å². The molecule has 1 aromatic heterocycles. The number of likely N-dealkylation sites (tertiary alicyclic amines) is 1. The first-order chi connectivity index (χ1) is 10.1. The molecule has 3 heterocycles. The van der Waals surface area contributed by atoms with Crippen LogP contribution in [0, 0.1) is 0 Å². The Labute approximate surface area is 124 Å². The number of aromatic nitrogens is 2. The first-order valence-electron chi connectivity index (χ1n) is 7.68.